The van der Waals surface area contributed by atoms with Crippen LogP contribution in [0.2, 0.25) is 0 Å². The summed E-state index contributed by atoms with van der Waals surface area (Å²) in [6, 6.07) is 11.9. The van der Waals surface area contributed by atoms with E-state index in [-0.39, 0.29) is 17.2 Å². The minimum Gasteiger partial charge on any atom is -0.325 e. The highest BCUT2D eigenvalue weighted by Crippen LogP contribution is 2.31. The summed E-state index contributed by atoms with van der Waals surface area (Å²) in [5.41, 5.74) is 6.86. The van der Waals surface area contributed by atoms with Crippen molar-refractivity contribution in [1.82, 2.24) is 9.55 Å². The van der Waals surface area contributed by atoms with Gasteiger partial charge in [-0.1, -0.05) is 49.4 Å². The summed E-state index contributed by atoms with van der Waals surface area (Å²) in [7, 11) is 0. The highest BCUT2D eigenvalue weighted by molar-refractivity contribution is 7.99. The van der Waals surface area contributed by atoms with Gasteiger partial charge in [-0.15, -0.1) is 11.3 Å². The molecule has 4 aromatic rings. The van der Waals surface area contributed by atoms with Crippen LogP contribution in [0.4, 0.5) is 5.69 Å². The lowest BCUT2D eigenvalue weighted by Gasteiger charge is -2.14. The normalized spacial score (nSPS) is 11.3. The Bertz CT molecular complexity index is 1460. The number of nitrogens with zero attached hydrogens (tertiary/aromatic N) is 2. The van der Waals surface area contributed by atoms with E-state index in [1.807, 2.05) is 64.1 Å². The number of benzene rings is 2. The van der Waals surface area contributed by atoms with Gasteiger partial charge in [0, 0.05) is 10.6 Å². The van der Waals surface area contributed by atoms with Gasteiger partial charge in [-0.2, -0.15) is 0 Å². The van der Waals surface area contributed by atoms with Crippen LogP contribution >= 0.6 is 23.1 Å². The fraction of sp³-hybridized carbons (Fsp3) is 0.321. The molecule has 182 valence electrons. The fourth-order valence-corrected chi connectivity index (χ4v) is 6.31. The second-order valence-electron chi connectivity index (χ2n) is 8.99. The average Bonchev–Trinajstić information content (AvgIpc) is 3.12. The zero-order chi connectivity index (χ0) is 25.3. The number of thiophene rings is 1. The first kappa shape index (κ1) is 25.2. The van der Waals surface area contributed by atoms with Gasteiger partial charge in [0.2, 0.25) is 5.91 Å². The second kappa shape index (κ2) is 10.4. The van der Waals surface area contributed by atoms with Gasteiger partial charge >= 0.3 is 0 Å². The van der Waals surface area contributed by atoms with Gasteiger partial charge in [-0.05, 0) is 81.0 Å². The Labute approximate surface area is 214 Å². The first-order valence-corrected chi connectivity index (χ1v) is 13.6. The summed E-state index contributed by atoms with van der Waals surface area (Å²) < 4.78 is 1.67. The van der Waals surface area contributed by atoms with Crippen molar-refractivity contribution in [2.24, 2.45) is 0 Å². The molecular weight excluding hydrogens is 474 g/mol. The number of anilines is 1. The maximum absolute atomic E-state index is 13.8. The number of hydrogen-bond donors (Lipinski definition) is 1. The molecule has 0 unspecified atom stereocenters. The van der Waals surface area contributed by atoms with Crippen molar-refractivity contribution in [3.8, 4) is 5.69 Å². The number of amides is 1. The lowest BCUT2D eigenvalue weighted by Crippen LogP contribution is -2.23. The van der Waals surface area contributed by atoms with E-state index in [9.17, 15) is 9.59 Å². The van der Waals surface area contributed by atoms with E-state index in [0.29, 0.717) is 10.5 Å². The van der Waals surface area contributed by atoms with Gasteiger partial charge in [-0.25, -0.2) is 4.98 Å². The number of para-hydroxylation sites is 1. The van der Waals surface area contributed by atoms with E-state index >= 15 is 0 Å². The van der Waals surface area contributed by atoms with Crippen molar-refractivity contribution < 1.29 is 4.79 Å². The number of aryl methyl sites for hydroxylation is 6. The van der Waals surface area contributed by atoms with Gasteiger partial charge in [-0.3, -0.25) is 14.2 Å². The van der Waals surface area contributed by atoms with Crippen LogP contribution in [0.1, 0.15) is 46.0 Å². The molecule has 35 heavy (non-hydrogen) atoms. The predicted octanol–water partition coefficient (Wildman–Crippen LogP) is 6.67. The van der Waals surface area contributed by atoms with Gasteiger partial charge < -0.3 is 5.32 Å². The van der Waals surface area contributed by atoms with Crippen LogP contribution in [0.25, 0.3) is 15.9 Å². The molecular formula is C28H31N3O2S2. The summed E-state index contributed by atoms with van der Waals surface area (Å²) >= 11 is 2.88. The molecule has 1 amide bonds. The molecule has 1 N–H and O–H groups in total. The van der Waals surface area contributed by atoms with Crippen LogP contribution in [-0.2, 0) is 11.2 Å². The maximum Gasteiger partial charge on any atom is 0.267 e. The van der Waals surface area contributed by atoms with Gasteiger partial charge in [0.1, 0.15) is 4.83 Å². The fourth-order valence-electron chi connectivity index (χ4n) is 4.18. The summed E-state index contributed by atoms with van der Waals surface area (Å²) in [5, 5.41) is 4.25. The molecule has 0 fully saturated rings. The Morgan fingerprint density at radius 1 is 1.03 bits per heavy atom. The minimum atomic E-state index is -0.123. The van der Waals surface area contributed by atoms with Crippen molar-refractivity contribution in [3.05, 3.63) is 79.4 Å². The van der Waals surface area contributed by atoms with E-state index in [2.05, 4.69) is 19.2 Å². The molecule has 2 heterocycles. The van der Waals surface area contributed by atoms with Crippen LogP contribution in [-0.4, -0.2) is 21.2 Å². The number of carbonyl (C=O) groups is 1. The maximum atomic E-state index is 13.8. The Morgan fingerprint density at radius 2 is 1.74 bits per heavy atom. The van der Waals surface area contributed by atoms with Crippen LogP contribution in [0.15, 0.2) is 46.3 Å². The van der Waals surface area contributed by atoms with E-state index in [1.54, 1.807) is 15.9 Å². The zero-order valence-corrected chi connectivity index (χ0v) is 22.7. The number of fused-ring (bicyclic) bond motifs is 1. The molecule has 2 aromatic carbocycles. The first-order chi connectivity index (χ1) is 16.7. The second-order valence-corrected chi connectivity index (χ2v) is 11.0. The largest absolute Gasteiger partial charge is 0.325 e. The summed E-state index contributed by atoms with van der Waals surface area (Å²) in [4.78, 5) is 33.6. The molecule has 4 rings (SSSR count). The van der Waals surface area contributed by atoms with Gasteiger partial charge in [0.05, 0.1) is 16.8 Å². The highest BCUT2D eigenvalue weighted by atomic mass is 32.2. The molecule has 0 spiro atoms. The smallest absolute Gasteiger partial charge is 0.267 e. The van der Waals surface area contributed by atoms with Crippen molar-refractivity contribution in [2.75, 3.05) is 11.1 Å². The third-order valence-electron chi connectivity index (χ3n) is 6.34. The Morgan fingerprint density at radius 3 is 2.40 bits per heavy atom. The van der Waals surface area contributed by atoms with Crippen LogP contribution < -0.4 is 10.9 Å². The third-order valence-corrected chi connectivity index (χ3v) is 8.52. The first-order valence-electron chi connectivity index (χ1n) is 11.8. The number of rotatable bonds is 7. The van der Waals surface area contributed by atoms with Crippen LogP contribution in [0.5, 0.6) is 0 Å². The molecule has 0 radical (unpaired) electrons. The Hall–Kier alpha value is -2.90. The standard InChI is InChI=1S/C28H31N3O2S2/c1-7-9-22-20(6)24-26(35-22)30-28(31(27(24)33)21-13-12-16(2)19(5)14-21)34-15-23(32)29-25-17(3)10-8-11-18(25)4/h8,10-14H,7,9,15H2,1-6H3,(H,29,32). The Balaban J connectivity index is 1.76. The molecule has 0 saturated heterocycles. The average molecular weight is 506 g/mol. The minimum absolute atomic E-state index is 0.0768. The monoisotopic (exact) mass is 505 g/mol. The van der Waals surface area contributed by atoms with Crippen molar-refractivity contribution in [1.29, 1.82) is 0 Å². The number of aromatic nitrogens is 2. The lowest BCUT2D eigenvalue weighted by atomic mass is 10.1. The number of carbonyl (C=O) groups excluding carboxylic acids is 1. The van der Waals surface area contributed by atoms with E-state index in [0.717, 1.165) is 56.9 Å². The van der Waals surface area contributed by atoms with Gasteiger partial charge in [0.15, 0.2) is 5.16 Å². The summed E-state index contributed by atoms with van der Waals surface area (Å²) in [5.74, 6) is 0.0327. The summed E-state index contributed by atoms with van der Waals surface area (Å²) in [6.45, 7) is 12.2. The molecule has 0 bridgehead atoms. The number of nitrogens with one attached hydrogen (secondary N) is 1. The summed E-state index contributed by atoms with van der Waals surface area (Å²) in [6.07, 6.45) is 1.94. The quantitative estimate of drug-likeness (QED) is 0.225. The molecule has 2 aromatic heterocycles. The number of thioether (sulfide) groups is 1. The highest BCUT2D eigenvalue weighted by Gasteiger charge is 2.20. The topological polar surface area (TPSA) is 64.0 Å². The van der Waals surface area contributed by atoms with Crippen molar-refractivity contribution >= 4 is 44.9 Å². The van der Waals surface area contributed by atoms with E-state index < -0.39 is 0 Å². The van der Waals surface area contributed by atoms with Crippen molar-refractivity contribution in [3.63, 3.8) is 0 Å². The van der Waals surface area contributed by atoms with Crippen LogP contribution in [0.3, 0.4) is 0 Å². The SMILES string of the molecule is CCCc1sc2nc(SCC(=O)Nc3c(C)cccc3C)n(-c3ccc(C)c(C)c3)c(=O)c2c1C. The lowest BCUT2D eigenvalue weighted by molar-refractivity contribution is -0.113. The molecule has 0 aliphatic carbocycles. The third kappa shape index (κ3) is 5.07. The molecule has 7 heteroatoms. The molecule has 0 aliphatic rings. The Kier molecular flexibility index (Phi) is 7.47. The van der Waals surface area contributed by atoms with E-state index in [4.69, 9.17) is 4.98 Å². The van der Waals surface area contributed by atoms with Crippen molar-refractivity contribution in [2.45, 2.75) is 59.5 Å². The molecule has 5 nitrogen and oxygen atoms in total. The number of hydrogen-bond acceptors (Lipinski definition) is 5. The van der Waals surface area contributed by atoms with Crippen LogP contribution in [0, 0.1) is 34.6 Å². The van der Waals surface area contributed by atoms with Gasteiger partial charge in [0.25, 0.3) is 5.56 Å². The molecule has 0 saturated carbocycles. The predicted molar refractivity (Wildman–Crippen MR) is 149 cm³/mol. The molecule has 0 atom stereocenters. The zero-order valence-electron chi connectivity index (χ0n) is 21.1. The molecule has 0 aliphatic heterocycles. The van der Waals surface area contributed by atoms with E-state index in [1.165, 1.54) is 16.6 Å².